The highest BCUT2D eigenvalue weighted by atomic mass is 35.5. The Kier molecular flexibility index (Phi) is 3.97. The number of hydrogen-bond acceptors (Lipinski definition) is 4. The second-order valence-corrected chi connectivity index (χ2v) is 6.65. The largest absolute Gasteiger partial charge is 0.321 e. The van der Waals surface area contributed by atoms with Crippen LogP contribution in [0.2, 0.25) is 5.02 Å². The van der Waals surface area contributed by atoms with E-state index in [0.29, 0.717) is 11.6 Å². The standard InChI is InChI=1S/C18H17ClN6/c1-12(2)25-17-8-15(19)3-4-16(17)22-18(25)14-7-13(9-20-10-14)11-24-6-5-21-23-24/h3-10,12H,11H2,1-2H3. The first-order valence-electron chi connectivity index (χ1n) is 8.07. The molecule has 0 amide bonds. The van der Waals surface area contributed by atoms with E-state index in [9.17, 15) is 0 Å². The van der Waals surface area contributed by atoms with Crippen LogP contribution >= 0.6 is 11.6 Å². The van der Waals surface area contributed by atoms with Crippen LogP contribution in [-0.2, 0) is 6.54 Å². The van der Waals surface area contributed by atoms with E-state index in [1.54, 1.807) is 10.9 Å². The summed E-state index contributed by atoms with van der Waals surface area (Å²) >= 11 is 6.19. The summed E-state index contributed by atoms with van der Waals surface area (Å²) in [4.78, 5) is 9.20. The van der Waals surface area contributed by atoms with E-state index in [2.05, 4.69) is 39.8 Å². The van der Waals surface area contributed by atoms with Gasteiger partial charge in [-0.2, -0.15) is 0 Å². The molecule has 7 heteroatoms. The van der Waals surface area contributed by atoms with Crippen molar-refractivity contribution < 1.29 is 0 Å². The van der Waals surface area contributed by atoms with Crippen molar-refractivity contribution in [1.82, 2.24) is 29.5 Å². The molecular formula is C18H17ClN6. The van der Waals surface area contributed by atoms with E-state index in [-0.39, 0.29) is 6.04 Å². The molecule has 0 aliphatic carbocycles. The molecule has 1 aromatic carbocycles. The lowest BCUT2D eigenvalue weighted by Gasteiger charge is -2.13. The fourth-order valence-electron chi connectivity index (χ4n) is 2.99. The van der Waals surface area contributed by atoms with Crippen LogP contribution in [0, 0.1) is 0 Å². The highest BCUT2D eigenvalue weighted by Gasteiger charge is 2.16. The van der Waals surface area contributed by atoms with Crippen molar-refractivity contribution in [3.8, 4) is 11.4 Å². The van der Waals surface area contributed by atoms with E-state index in [1.165, 1.54) is 0 Å². The van der Waals surface area contributed by atoms with Gasteiger partial charge in [0.15, 0.2) is 0 Å². The molecule has 0 unspecified atom stereocenters. The fraction of sp³-hybridized carbons (Fsp3) is 0.222. The highest BCUT2D eigenvalue weighted by Crippen LogP contribution is 2.30. The van der Waals surface area contributed by atoms with Crippen LogP contribution in [0.4, 0.5) is 0 Å². The highest BCUT2D eigenvalue weighted by molar-refractivity contribution is 6.31. The molecule has 0 fully saturated rings. The molecule has 0 N–H and O–H groups in total. The molecule has 4 rings (SSSR count). The van der Waals surface area contributed by atoms with Crippen LogP contribution in [0.5, 0.6) is 0 Å². The Labute approximate surface area is 150 Å². The maximum atomic E-state index is 6.19. The zero-order chi connectivity index (χ0) is 17.4. The number of benzene rings is 1. The summed E-state index contributed by atoms with van der Waals surface area (Å²) in [5, 5.41) is 8.55. The normalized spacial score (nSPS) is 11.5. The minimum Gasteiger partial charge on any atom is -0.321 e. The van der Waals surface area contributed by atoms with Crippen molar-refractivity contribution in [2.45, 2.75) is 26.4 Å². The number of fused-ring (bicyclic) bond motifs is 1. The van der Waals surface area contributed by atoms with Gasteiger partial charge in [-0.3, -0.25) is 4.98 Å². The Hall–Kier alpha value is -2.73. The van der Waals surface area contributed by atoms with Crippen LogP contribution < -0.4 is 0 Å². The second-order valence-electron chi connectivity index (χ2n) is 6.21. The third kappa shape index (κ3) is 3.00. The molecule has 25 heavy (non-hydrogen) atoms. The average molecular weight is 353 g/mol. The molecule has 126 valence electrons. The van der Waals surface area contributed by atoms with Crippen molar-refractivity contribution >= 4 is 22.6 Å². The number of pyridine rings is 1. The zero-order valence-electron chi connectivity index (χ0n) is 14.0. The quantitative estimate of drug-likeness (QED) is 0.557. The summed E-state index contributed by atoms with van der Waals surface area (Å²) in [7, 11) is 0. The average Bonchev–Trinajstić information content (AvgIpc) is 3.22. The lowest BCUT2D eigenvalue weighted by molar-refractivity contribution is 0.623. The molecule has 3 heterocycles. The molecule has 0 aliphatic heterocycles. The summed E-state index contributed by atoms with van der Waals surface area (Å²) in [6, 6.07) is 8.12. The first kappa shape index (κ1) is 15.8. The lowest BCUT2D eigenvalue weighted by atomic mass is 10.2. The summed E-state index contributed by atoms with van der Waals surface area (Å²) in [6.07, 6.45) is 7.17. The summed E-state index contributed by atoms with van der Waals surface area (Å²) < 4.78 is 3.96. The third-order valence-corrected chi connectivity index (χ3v) is 4.27. The minimum atomic E-state index is 0.248. The Morgan fingerprint density at radius 2 is 2.04 bits per heavy atom. The molecule has 0 spiro atoms. The smallest absolute Gasteiger partial charge is 0.142 e. The number of hydrogen-bond donors (Lipinski definition) is 0. The molecular weight excluding hydrogens is 336 g/mol. The molecule has 3 aromatic heterocycles. The summed E-state index contributed by atoms with van der Waals surface area (Å²) in [5.74, 6) is 0.889. The Balaban J connectivity index is 1.82. The van der Waals surface area contributed by atoms with Gasteiger partial charge in [0.25, 0.3) is 0 Å². The molecule has 4 aromatic rings. The monoisotopic (exact) mass is 352 g/mol. The molecule has 0 bridgehead atoms. The molecule has 6 nitrogen and oxygen atoms in total. The predicted molar refractivity (Wildman–Crippen MR) is 97.5 cm³/mol. The maximum absolute atomic E-state index is 6.19. The van der Waals surface area contributed by atoms with Gasteiger partial charge in [0.1, 0.15) is 5.82 Å². The van der Waals surface area contributed by atoms with Gasteiger partial charge < -0.3 is 4.57 Å². The van der Waals surface area contributed by atoms with Gasteiger partial charge in [0, 0.05) is 35.2 Å². The minimum absolute atomic E-state index is 0.248. The molecule has 0 aliphatic rings. The van der Waals surface area contributed by atoms with Crippen LogP contribution in [0.1, 0.15) is 25.5 Å². The van der Waals surface area contributed by atoms with Crippen molar-refractivity contribution in [2.24, 2.45) is 0 Å². The van der Waals surface area contributed by atoms with Crippen molar-refractivity contribution in [2.75, 3.05) is 0 Å². The second kappa shape index (κ2) is 6.29. The number of nitrogens with zero attached hydrogens (tertiary/aromatic N) is 6. The van der Waals surface area contributed by atoms with Gasteiger partial charge in [-0.1, -0.05) is 16.8 Å². The number of aromatic nitrogens is 6. The topological polar surface area (TPSA) is 61.4 Å². The summed E-state index contributed by atoms with van der Waals surface area (Å²) in [6.45, 7) is 4.89. The molecule has 0 saturated carbocycles. The SMILES string of the molecule is CC(C)n1c(-c2cncc(Cn3ccnn3)c2)nc2ccc(Cl)cc21. The fourth-order valence-corrected chi connectivity index (χ4v) is 3.16. The maximum Gasteiger partial charge on any atom is 0.142 e. The van der Waals surface area contributed by atoms with E-state index in [0.717, 1.165) is 28.0 Å². The van der Waals surface area contributed by atoms with Gasteiger partial charge in [-0.25, -0.2) is 9.67 Å². The van der Waals surface area contributed by atoms with E-state index < -0.39 is 0 Å². The molecule has 0 radical (unpaired) electrons. The van der Waals surface area contributed by atoms with E-state index in [1.807, 2.05) is 36.8 Å². The van der Waals surface area contributed by atoms with Crippen LogP contribution in [0.15, 0.2) is 49.1 Å². The first-order valence-corrected chi connectivity index (χ1v) is 8.45. The van der Waals surface area contributed by atoms with Crippen LogP contribution in [-0.4, -0.2) is 29.5 Å². The number of imidazole rings is 1. The van der Waals surface area contributed by atoms with Gasteiger partial charge in [-0.15, -0.1) is 5.10 Å². The van der Waals surface area contributed by atoms with Crippen molar-refractivity contribution in [3.05, 3.63) is 59.6 Å². The Morgan fingerprint density at radius 3 is 2.80 bits per heavy atom. The van der Waals surface area contributed by atoms with Gasteiger partial charge in [-0.05, 0) is 43.7 Å². The Morgan fingerprint density at radius 1 is 1.16 bits per heavy atom. The van der Waals surface area contributed by atoms with E-state index >= 15 is 0 Å². The van der Waals surface area contributed by atoms with E-state index in [4.69, 9.17) is 16.6 Å². The Bertz CT molecular complexity index is 1020. The van der Waals surface area contributed by atoms with Crippen LogP contribution in [0.3, 0.4) is 0 Å². The third-order valence-electron chi connectivity index (χ3n) is 4.04. The first-order chi connectivity index (χ1) is 12.1. The molecule has 0 saturated heterocycles. The van der Waals surface area contributed by atoms with Gasteiger partial charge in [0.2, 0.25) is 0 Å². The number of halogens is 1. The van der Waals surface area contributed by atoms with Gasteiger partial charge >= 0.3 is 0 Å². The predicted octanol–water partition coefficient (Wildman–Crippen LogP) is 3.97. The molecule has 0 atom stereocenters. The lowest BCUT2D eigenvalue weighted by Crippen LogP contribution is -2.05. The van der Waals surface area contributed by atoms with Crippen LogP contribution in [0.25, 0.3) is 22.4 Å². The number of rotatable bonds is 4. The van der Waals surface area contributed by atoms with Crippen molar-refractivity contribution in [1.29, 1.82) is 0 Å². The van der Waals surface area contributed by atoms with Crippen molar-refractivity contribution in [3.63, 3.8) is 0 Å². The zero-order valence-corrected chi connectivity index (χ0v) is 14.7. The summed E-state index contributed by atoms with van der Waals surface area (Å²) in [5.41, 5.74) is 3.97. The van der Waals surface area contributed by atoms with Gasteiger partial charge in [0.05, 0.1) is 23.8 Å².